The Balaban J connectivity index is 3.07. The van der Waals surface area contributed by atoms with Crippen LogP contribution in [0.25, 0.3) is 0 Å². The second-order valence-corrected chi connectivity index (χ2v) is 2.92. The van der Waals surface area contributed by atoms with Crippen molar-refractivity contribution in [2.75, 3.05) is 6.61 Å². The maximum absolute atomic E-state index is 12.7. The molecule has 0 fully saturated rings. The highest BCUT2D eigenvalue weighted by Crippen LogP contribution is 2.24. The van der Waals surface area contributed by atoms with Crippen LogP contribution in [-0.4, -0.2) is 17.1 Å². The van der Waals surface area contributed by atoms with Crippen LogP contribution in [0, 0.1) is 0 Å². The molecule has 0 atom stereocenters. The highest BCUT2D eigenvalue weighted by atomic mass is 19.3. The Bertz CT molecular complexity index is 347. The van der Waals surface area contributed by atoms with E-state index in [1.165, 1.54) is 16.8 Å². The molecule has 0 bridgehead atoms. The van der Waals surface area contributed by atoms with Gasteiger partial charge in [0.2, 0.25) is 0 Å². The van der Waals surface area contributed by atoms with Crippen molar-refractivity contribution in [2.24, 2.45) is 0 Å². The Morgan fingerprint density at radius 1 is 1.53 bits per heavy atom. The van der Waals surface area contributed by atoms with E-state index < -0.39 is 12.4 Å². The topological polar surface area (TPSA) is 31.2 Å². The predicted octanol–water partition coefficient (Wildman–Crippen LogP) is 2.62. The third kappa shape index (κ3) is 2.34. The lowest BCUT2D eigenvalue weighted by Crippen LogP contribution is -2.09. The Kier molecular flexibility index (Phi) is 3.82. The molecule has 0 spiro atoms. The van der Waals surface area contributed by atoms with Gasteiger partial charge in [0.05, 0.1) is 17.9 Å². The van der Waals surface area contributed by atoms with Crippen molar-refractivity contribution < 1.29 is 18.3 Å². The van der Waals surface area contributed by atoms with Crippen LogP contribution in [0.5, 0.6) is 0 Å². The Labute approximate surface area is 86.6 Å². The number of ether oxygens (including phenoxy) is 1. The molecule has 0 radical (unpaired) electrons. The number of aryl methyl sites for hydroxylation is 1. The Hall–Kier alpha value is -1.39. The zero-order valence-corrected chi connectivity index (χ0v) is 8.67. The molecule has 0 saturated heterocycles. The molecule has 0 N–H and O–H groups in total. The monoisotopic (exact) mass is 217 g/mol. The summed E-state index contributed by atoms with van der Waals surface area (Å²) in [6.07, 6.45) is -1.20. The molecule has 0 aromatic carbocycles. The SMILES string of the molecule is CCOC(=O)c1ccn(CC)c1C(F)F. The molecule has 1 rings (SSSR count). The first-order chi connectivity index (χ1) is 7.11. The van der Waals surface area contributed by atoms with Gasteiger partial charge in [-0.25, -0.2) is 13.6 Å². The number of carbonyl (C=O) groups is 1. The van der Waals surface area contributed by atoms with Crippen LogP contribution < -0.4 is 0 Å². The van der Waals surface area contributed by atoms with Crippen molar-refractivity contribution in [3.05, 3.63) is 23.5 Å². The molecule has 0 aliphatic heterocycles. The van der Waals surface area contributed by atoms with E-state index in [2.05, 4.69) is 0 Å². The number of rotatable bonds is 4. The van der Waals surface area contributed by atoms with E-state index in [0.717, 1.165) is 0 Å². The minimum Gasteiger partial charge on any atom is -0.462 e. The van der Waals surface area contributed by atoms with Gasteiger partial charge in [-0.3, -0.25) is 0 Å². The van der Waals surface area contributed by atoms with E-state index in [-0.39, 0.29) is 17.9 Å². The third-order valence-electron chi connectivity index (χ3n) is 2.05. The number of alkyl halides is 2. The van der Waals surface area contributed by atoms with Gasteiger partial charge in [-0.15, -0.1) is 0 Å². The number of nitrogens with zero attached hydrogens (tertiary/aromatic N) is 1. The van der Waals surface area contributed by atoms with Gasteiger partial charge in [0.1, 0.15) is 0 Å². The lowest BCUT2D eigenvalue weighted by Gasteiger charge is -2.07. The molecule has 0 unspecified atom stereocenters. The lowest BCUT2D eigenvalue weighted by molar-refractivity contribution is 0.0513. The maximum Gasteiger partial charge on any atom is 0.340 e. The van der Waals surface area contributed by atoms with E-state index in [1.807, 2.05) is 0 Å². The molecule has 0 amide bonds. The smallest absolute Gasteiger partial charge is 0.340 e. The maximum atomic E-state index is 12.7. The van der Waals surface area contributed by atoms with Gasteiger partial charge >= 0.3 is 5.97 Å². The molecule has 15 heavy (non-hydrogen) atoms. The number of esters is 1. The summed E-state index contributed by atoms with van der Waals surface area (Å²) in [5, 5.41) is 0. The van der Waals surface area contributed by atoms with Crippen molar-refractivity contribution in [3.63, 3.8) is 0 Å². The van der Waals surface area contributed by atoms with Crippen molar-refractivity contribution in [2.45, 2.75) is 26.8 Å². The van der Waals surface area contributed by atoms with Gasteiger partial charge in [0, 0.05) is 12.7 Å². The molecule has 1 heterocycles. The van der Waals surface area contributed by atoms with Crippen LogP contribution >= 0.6 is 0 Å². The summed E-state index contributed by atoms with van der Waals surface area (Å²) in [7, 11) is 0. The summed E-state index contributed by atoms with van der Waals surface area (Å²) in [5.41, 5.74) is -0.315. The van der Waals surface area contributed by atoms with Crippen LogP contribution in [0.3, 0.4) is 0 Å². The summed E-state index contributed by atoms with van der Waals surface area (Å²) in [4.78, 5) is 11.3. The summed E-state index contributed by atoms with van der Waals surface area (Å²) in [6.45, 7) is 3.95. The predicted molar refractivity (Wildman–Crippen MR) is 51.0 cm³/mol. The van der Waals surface area contributed by atoms with E-state index in [4.69, 9.17) is 4.74 Å². The van der Waals surface area contributed by atoms with Gasteiger partial charge in [0.25, 0.3) is 6.43 Å². The highest BCUT2D eigenvalue weighted by Gasteiger charge is 2.23. The Morgan fingerprint density at radius 3 is 2.67 bits per heavy atom. The average molecular weight is 217 g/mol. The normalized spacial score (nSPS) is 10.7. The van der Waals surface area contributed by atoms with Crippen LogP contribution in [0.1, 0.15) is 36.3 Å². The van der Waals surface area contributed by atoms with E-state index >= 15 is 0 Å². The number of carbonyl (C=O) groups excluding carboxylic acids is 1. The minimum atomic E-state index is -2.67. The summed E-state index contributed by atoms with van der Waals surface area (Å²) < 4.78 is 31.4. The molecule has 0 aliphatic carbocycles. The van der Waals surface area contributed by atoms with Crippen LogP contribution in [0.4, 0.5) is 8.78 Å². The molecule has 5 heteroatoms. The summed E-state index contributed by atoms with van der Waals surface area (Å²) >= 11 is 0. The van der Waals surface area contributed by atoms with Crippen molar-refractivity contribution in [1.82, 2.24) is 4.57 Å². The second kappa shape index (κ2) is 4.91. The van der Waals surface area contributed by atoms with Gasteiger partial charge in [-0.05, 0) is 19.9 Å². The van der Waals surface area contributed by atoms with Crippen molar-refractivity contribution in [1.29, 1.82) is 0 Å². The zero-order chi connectivity index (χ0) is 11.4. The van der Waals surface area contributed by atoms with Gasteiger partial charge < -0.3 is 9.30 Å². The van der Waals surface area contributed by atoms with Gasteiger partial charge in [0.15, 0.2) is 0 Å². The molecular formula is C10H13F2NO2. The lowest BCUT2D eigenvalue weighted by atomic mass is 10.2. The first kappa shape index (κ1) is 11.7. The molecule has 1 aromatic rings. The zero-order valence-electron chi connectivity index (χ0n) is 8.67. The molecular weight excluding hydrogens is 204 g/mol. The second-order valence-electron chi connectivity index (χ2n) is 2.92. The van der Waals surface area contributed by atoms with Crippen LogP contribution in [0.15, 0.2) is 12.3 Å². The third-order valence-corrected chi connectivity index (χ3v) is 2.05. The van der Waals surface area contributed by atoms with Crippen molar-refractivity contribution in [3.8, 4) is 0 Å². The van der Waals surface area contributed by atoms with Crippen molar-refractivity contribution >= 4 is 5.97 Å². The fourth-order valence-electron chi connectivity index (χ4n) is 1.39. The van der Waals surface area contributed by atoms with Gasteiger partial charge in [-0.2, -0.15) is 0 Å². The fraction of sp³-hybridized carbons (Fsp3) is 0.500. The summed E-state index contributed by atoms with van der Waals surface area (Å²) in [6, 6.07) is 1.36. The molecule has 0 aliphatic rings. The van der Waals surface area contributed by atoms with E-state index in [1.54, 1.807) is 13.8 Å². The van der Waals surface area contributed by atoms with E-state index in [0.29, 0.717) is 6.54 Å². The number of hydrogen-bond acceptors (Lipinski definition) is 2. The largest absolute Gasteiger partial charge is 0.462 e. The Morgan fingerprint density at radius 2 is 2.20 bits per heavy atom. The molecule has 84 valence electrons. The molecule has 1 aromatic heterocycles. The quantitative estimate of drug-likeness (QED) is 0.726. The highest BCUT2D eigenvalue weighted by molar-refractivity contribution is 5.91. The standard InChI is InChI=1S/C10H13F2NO2/c1-3-13-6-5-7(8(13)9(11)12)10(14)15-4-2/h5-6,9H,3-4H2,1-2H3. The fourth-order valence-corrected chi connectivity index (χ4v) is 1.39. The number of aromatic nitrogens is 1. The van der Waals surface area contributed by atoms with E-state index in [9.17, 15) is 13.6 Å². The number of halogens is 2. The van der Waals surface area contributed by atoms with Crippen LogP contribution in [-0.2, 0) is 11.3 Å². The van der Waals surface area contributed by atoms with Gasteiger partial charge in [-0.1, -0.05) is 0 Å². The molecule has 0 saturated carbocycles. The number of hydrogen-bond donors (Lipinski definition) is 0. The van der Waals surface area contributed by atoms with Crippen LogP contribution in [0.2, 0.25) is 0 Å². The first-order valence-electron chi connectivity index (χ1n) is 4.76. The first-order valence-corrected chi connectivity index (χ1v) is 4.76. The minimum absolute atomic E-state index is 0.0475. The molecule has 3 nitrogen and oxygen atoms in total. The summed E-state index contributed by atoms with van der Waals surface area (Å²) in [5.74, 6) is -0.694. The average Bonchev–Trinajstić information content (AvgIpc) is 2.61.